The molecule has 0 fully saturated rings. The molecule has 0 radical (unpaired) electrons. The summed E-state index contributed by atoms with van der Waals surface area (Å²) in [6.45, 7) is 3.19. The molecule has 1 aromatic heterocycles. The fraction of sp³-hybridized carbons (Fsp3) is 0.238. The van der Waals surface area contributed by atoms with Gasteiger partial charge in [0.25, 0.3) is 0 Å². The zero-order chi connectivity index (χ0) is 16.8. The first kappa shape index (κ1) is 19.1. The molecule has 3 aromatic rings. The van der Waals surface area contributed by atoms with Gasteiger partial charge in [-0.3, -0.25) is 4.79 Å². The maximum Gasteiger partial charge on any atom is 0.227 e. The van der Waals surface area contributed by atoms with E-state index in [-0.39, 0.29) is 22.8 Å². The maximum atomic E-state index is 12.5. The third kappa shape index (κ3) is 5.13. The van der Waals surface area contributed by atoms with Gasteiger partial charge in [-0.15, -0.1) is 0 Å². The Bertz CT molecular complexity index is 831. The zero-order valence-corrected chi connectivity index (χ0v) is 15.9. The van der Waals surface area contributed by atoms with Crippen LogP contribution in [0.15, 0.2) is 67.0 Å². The Labute approximate surface area is 159 Å². The van der Waals surface area contributed by atoms with Gasteiger partial charge >= 0.3 is 0 Å². The number of ether oxygens (including phenoxy) is 1. The number of hydrogen-bond acceptors (Lipinski definition) is 2. The second kappa shape index (κ2) is 9.33. The average Bonchev–Trinajstić information content (AvgIpc) is 2.62. The summed E-state index contributed by atoms with van der Waals surface area (Å²) in [7, 11) is 0. The van der Waals surface area contributed by atoms with Crippen LogP contribution in [0.25, 0.3) is 10.8 Å². The Balaban J connectivity index is 0.00000225. The summed E-state index contributed by atoms with van der Waals surface area (Å²) < 4.78 is 7.56. The highest BCUT2D eigenvalue weighted by Crippen LogP contribution is 2.14. The number of unbranched alkanes of at least 4 members (excludes halogenated alkanes) is 1. The molecule has 0 bridgehead atoms. The molecule has 0 aliphatic rings. The summed E-state index contributed by atoms with van der Waals surface area (Å²) in [5.41, 5.74) is 0.707. The van der Waals surface area contributed by atoms with E-state index in [1.165, 1.54) is 5.39 Å². The second-order valence-electron chi connectivity index (χ2n) is 5.90. The first-order chi connectivity index (χ1) is 11.8. The van der Waals surface area contributed by atoms with Crippen LogP contribution in [-0.4, -0.2) is 12.4 Å². The minimum absolute atomic E-state index is 0. The smallest absolute Gasteiger partial charge is 0.227 e. The number of nitrogens with zero attached hydrogens (tertiary/aromatic N) is 1. The number of Topliss-reactive ketones (excluding diaryl/α,β-unsaturated/α-hetero) is 1. The van der Waals surface area contributed by atoms with Crippen molar-refractivity contribution in [2.75, 3.05) is 6.61 Å². The minimum Gasteiger partial charge on any atom is -1.00 e. The first-order valence-corrected chi connectivity index (χ1v) is 8.40. The monoisotopic (exact) mass is 399 g/mol. The van der Waals surface area contributed by atoms with Gasteiger partial charge in [0, 0.05) is 17.0 Å². The normalized spacial score (nSPS) is 10.3. The molecule has 4 heteroatoms. The molecule has 1 heterocycles. The number of aromatic nitrogens is 1. The summed E-state index contributed by atoms with van der Waals surface area (Å²) in [4.78, 5) is 12.5. The van der Waals surface area contributed by atoms with E-state index in [1.54, 1.807) is 0 Å². The van der Waals surface area contributed by atoms with Crippen LogP contribution in [0.3, 0.4) is 0 Å². The molecule has 0 unspecified atom stereocenters. The third-order valence-corrected chi connectivity index (χ3v) is 4.02. The van der Waals surface area contributed by atoms with E-state index < -0.39 is 0 Å². The molecule has 0 aliphatic carbocycles. The van der Waals surface area contributed by atoms with Crippen LogP contribution in [0.4, 0.5) is 0 Å². The Morgan fingerprint density at radius 3 is 2.44 bits per heavy atom. The van der Waals surface area contributed by atoms with E-state index in [1.807, 2.05) is 59.4 Å². The van der Waals surface area contributed by atoms with Gasteiger partial charge in [0.1, 0.15) is 5.75 Å². The Morgan fingerprint density at radius 1 is 1.00 bits per heavy atom. The van der Waals surface area contributed by atoms with Crippen molar-refractivity contribution >= 4 is 16.6 Å². The molecular weight excluding hydrogens is 378 g/mol. The Morgan fingerprint density at radius 2 is 1.72 bits per heavy atom. The number of rotatable bonds is 7. The van der Waals surface area contributed by atoms with Crippen LogP contribution in [0, 0.1) is 0 Å². The molecule has 25 heavy (non-hydrogen) atoms. The lowest BCUT2D eigenvalue weighted by atomic mass is 10.1. The number of carbonyl (C=O) groups is 1. The summed E-state index contributed by atoms with van der Waals surface area (Å²) >= 11 is 0. The van der Waals surface area contributed by atoms with Crippen LogP contribution in [0.5, 0.6) is 5.75 Å². The molecule has 0 saturated heterocycles. The molecule has 0 spiro atoms. The molecular formula is C21H22BrNO2. The van der Waals surface area contributed by atoms with E-state index >= 15 is 0 Å². The van der Waals surface area contributed by atoms with Crippen molar-refractivity contribution in [1.82, 2.24) is 0 Å². The fourth-order valence-electron chi connectivity index (χ4n) is 2.60. The quantitative estimate of drug-likeness (QED) is 0.339. The lowest BCUT2D eigenvalue weighted by Gasteiger charge is -2.05. The first-order valence-electron chi connectivity index (χ1n) is 8.40. The Hall–Kier alpha value is -2.20. The van der Waals surface area contributed by atoms with E-state index in [0.29, 0.717) is 12.1 Å². The zero-order valence-electron chi connectivity index (χ0n) is 14.3. The lowest BCUT2D eigenvalue weighted by molar-refractivity contribution is -0.681. The summed E-state index contributed by atoms with van der Waals surface area (Å²) in [5, 5.41) is 2.31. The fourth-order valence-corrected chi connectivity index (χ4v) is 2.60. The van der Waals surface area contributed by atoms with Crippen LogP contribution in [0.2, 0.25) is 0 Å². The highest BCUT2D eigenvalue weighted by Gasteiger charge is 2.12. The number of halogens is 1. The van der Waals surface area contributed by atoms with E-state index in [0.717, 1.165) is 30.6 Å². The molecule has 0 amide bonds. The van der Waals surface area contributed by atoms with Gasteiger partial charge < -0.3 is 21.7 Å². The van der Waals surface area contributed by atoms with Crippen LogP contribution in [0.1, 0.15) is 30.1 Å². The largest absolute Gasteiger partial charge is 1.00 e. The number of carbonyl (C=O) groups excluding carboxylic acids is 1. The highest BCUT2D eigenvalue weighted by molar-refractivity contribution is 5.95. The third-order valence-electron chi connectivity index (χ3n) is 4.02. The van der Waals surface area contributed by atoms with Crippen LogP contribution >= 0.6 is 0 Å². The van der Waals surface area contributed by atoms with Crippen molar-refractivity contribution in [1.29, 1.82) is 0 Å². The summed E-state index contributed by atoms with van der Waals surface area (Å²) in [5.74, 6) is 0.911. The topological polar surface area (TPSA) is 30.2 Å². The molecule has 3 rings (SSSR count). The standard InChI is InChI=1S/C21H22NO2.BrH/c1-2-3-14-24-20-10-8-18(9-11-20)21(23)16-22-13-12-17-6-4-5-7-19(17)15-22;/h4-13,15H,2-3,14,16H2,1H3;1H/q+1;/p-1. The molecule has 0 N–H and O–H groups in total. The number of hydrogen-bond donors (Lipinski definition) is 0. The van der Waals surface area contributed by atoms with E-state index in [9.17, 15) is 4.79 Å². The van der Waals surface area contributed by atoms with Gasteiger partial charge in [0.15, 0.2) is 12.4 Å². The van der Waals surface area contributed by atoms with Crippen molar-refractivity contribution in [3.05, 3.63) is 72.6 Å². The number of pyridine rings is 1. The van der Waals surface area contributed by atoms with E-state index in [2.05, 4.69) is 19.1 Å². The maximum absolute atomic E-state index is 12.5. The van der Waals surface area contributed by atoms with Gasteiger partial charge in [0.05, 0.1) is 6.61 Å². The molecule has 130 valence electrons. The summed E-state index contributed by atoms with van der Waals surface area (Å²) in [6, 6.07) is 17.6. The lowest BCUT2D eigenvalue weighted by Crippen LogP contribution is -3.00. The highest BCUT2D eigenvalue weighted by atomic mass is 79.9. The van der Waals surface area contributed by atoms with Crippen molar-refractivity contribution in [3.63, 3.8) is 0 Å². The molecule has 0 atom stereocenters. The van der Waals surface area contributed by atoms with Crippen molar-refractivity contribution in [2.24, 2.45) is 0 Å². The van der Waals surface area contributed by atoms with Crippen molar-refractivity contribution < 1.29 is 31.1 Å². The van der Waals surface area contributed by atoms with Gasteiger partial charge in [-0.25, -0.2) is 0 Å². The molecule has 3 nitrogen and oxygen atoms in total. The predicted molar refractivity (Wildman–Crippen MR) is 95.3 cm³/mol. The number of ketones is 1. The van der Waals surface area contributed by atoms with Gasteiger partial charge in [-0.05, 0) is 42.1 Å². The van der Waals surface area contributed by atoms with E-state index in [4.69, 9.17) is 4.74 Å². The number of benzene rings is 2. The number of fused-ring (bicyclic) bond motifs is 1. The Kier molecular flexibility index (Phi) is 7.14. The van der Waals surface area contributed by atoms with Gasteiger partial charge in [0.2, 0.25) is 12.3 Å². The van der Waals surface area contributed by atoms with Gasteiger partial charge in [-0.2, -0.15) is 4.57 Å². The molecule has 0 saturated carbocycles. The van der Waals surface area contributed by atoms with Gasteiger partial charge in [-0.1, -0.05) is 31.5 Å². The predicted octanol–water partition coefficient (Wildman–Crippen LogP) is 1.19. The van der Waals surface area contributed by atoms with Crippen molar-refractivity contribution in [3.8, 4) is 5.75 Å². The minimum atomic E-state index is 0. The second-order valence-corrected chi connectivity index (χ2v) is 5.90. The van der Waals surface area contributed by atoms with Crippen LogP contribution < -0.4 is 26.3 Å². The SMILES string of the molecule is CCCCOc1ccc(C(=O)C[n+]2ccc3ccccc3c2)cc1.[Br-]. The molecule has 0 aliphatic heterocycles. The average molecular weight is 400 g/mol. The van der Waals surface area contributed by atoms with Crippen LogP contribution in [-0.2, 0) is 6.54 Å². The summed E-state index contributed by atoms with van der Waals surface area (Å²) in [6.07, 6.45) is 6.11. The molecule has 2 aromatic carbocycles. The van der Waals surface area contributed by atoms with Crippen molar-refractivity contribution in [2.45, 2.75) is 26.3 Å².